The van der Waals surface area contributed by atoms with Crippen molar-refractivity contribution in [2.75, 3.05) is 13.1 Å². The van der Waals surface area contributed by atoms with Crippen LogP contribution in [0.3, 0.4) is 0 Å². The minimum atomic E-state index is -0.0852. The second-order valence-electron chi connectivity index (χ2n) is 8.35. The third-order valence-electron chi connectivity index (χ3n) is 4.65. The molecule has 3 rings (SSSR count). The van der Waals surface area contributed by atoms with E-state index in [0.717, 1.165) is 23.4 Å². The van der Waals surface area contributed by atoms with Gasteiger partial charge in [-0.25, -0.2) is 4.98 Å². The Morgan fingerprint density at radius 2 is 2.04 bits per heavy atom. The van der Waals surface area contributed by atoms with Gasteiger partial charge in [-0.1, -0.05) is 32.9 Å². The summed E-state index contributed by atoms with van der Waals surface area (Å²) in [6.45, 7) is 10.2. The predicted octanol–water partition coefficient (Wildman–Crippen LogP) is 2.50. The number of nitrogens with zero attached hydrogens (tertiary/aromatic N) is 3. The van der Waals surface area contributed by atoms with Gasteiger partial charge in [0.1, 0.15) is 5.82 Å². The van der Waals surface area contributed by atoms with Gasteiger partial charge in [-0.3, -0.25) is 9.59 Å². The number of carbonyl (C=O) groups excluding carboxylic acids is 2. The van der Waals surface area contributed by atoms with Crippen molar-refractivity contribution in [3.63, 3.8) is 0 Å². The quantitative estimate of drug-likeness (QED) is 0.895. The number of aromatic nitrogens is 2. The van der Waals surface area contributed by atoms with Crippen molar-refractivity contribution in [3.05, 3.63) is 30.1 Å². The SMILES string of the molecule is Cc1nc2ccccc2n1CCC(=O)N[C@@H]1CC(=O)N(CC(C)(C)C)C1. The fraction of sp³-hybridized carbons (Fsp3) is 0.550. The molecule has 6 nitrogen and oxygen atoms in total. The van der Waals surface area contributed by atoms with Gasteiger partial charge in [-0.05, 0) is 24.5 Å². The van der Waals surface area contributed by atoms with E-state index in [0.29, 0.717) is 25.9 Å². The highest BCUT2D eigenvalue weighted by Crippen LogP contribution is 2.20. The zero-order valence-corrected chi connectivity index (χ0v) is 16.1. The monoisotopic (exact) mass is 356 g/mol. The largest absolute Gasteiger partial charge is 0.351 e. The second kappa shape index (κ2) is 7.09. The number of hydrogen-bond acceptors (Lipinski definition) is 3. The van der Waals surface area contributed by atoms with Crippen LogP contribution in [-0.4, -0.2) is 45.4 Å². The molecule has 1 aromatic heterocycles. The Morgan fingerprint density at radius 3 is 2.77 bits per heavy atom. The fourth-order valence-electron chi connectivity index (χ4n) is 3.59. The molecule has 1 atom stereocenters. The Balaban J connectivity index is 1.55. The average Bonchev–Trinajstić information content (AvgIpc) is 3.03. The van der Waals surface area contributed by atoms with Gasteiger partial charge < -0.3 is 14.8 Å². The Labute approximate surface area is 154 Å². The third-order valence-corrected chi connectivity index (χ3v) is 4.65. The number of imidazole rings is 1. The maximum atomic E-state index is 12.4. The van der Waals surface area contributed by atoms with Gasteiger partial charge in [0, 0.05) is 32.5 Å². The highest BCUT2D eigenvalue weighted by atomic mass is 16.2. The van der Waals surface area contributed by atoms with E-state index in [1.165, 1.54) is 0 Å². The highest BCUT2D eigenvalue weighted by Gasteiger charge is 2.32. The van der Waals surface area contributed by atoms with Gasteiger partial charge in [-0.2, -0.15) is 0 Å². The summed E-state index contributed by atoms with van der Waals surface area (Å²) in [6, 6.07) is 7.86. The lowest BCUT2D eigenvalue weighted by atomic mass is 9.96. The normalized spacial score (nSPS) is 17.9. The van der Waals surface area contributed by atoms with Crippen LogP contribution in [0.15, 0.2) is 24.3 Å². The molecule has 0 saturated carbocycles. The number of fused-ring (bicyclic) bond motifs is 1. The third kappa shape index (κ3) is 4.23. The summed E-state index contributed by atoms with van der Waals surface area (Å²) in [4.78, 5) is 30.9. The van der Waals surface area contributed by atoms with E-state index in [-0.39, 0.29) is 23.3 Å². The maximum absolute atomic E-state index is 12.4. The molecule has 0 spiro atoms. The summed E-state index contributed by atoms with van der Waals surface area (Å²) in [5, 5.41) is 3.02. The van der Waals surface area contributed by atoms with Gasteiger partial charge in [0.2, 0.25) is 11.8 Å². The van der Waals surface area contributed by atoms with Gasteiger partial charge in [0.15, 0.2) is 0 Å². The maximum Gasteiger partial charge on any atom is 0.224 e. The molecule has 1 saturated heterocycles. The number of para-hydroxylation sites is 2. The van der Waals surface area contributed by atoms with Crippen LogP contribution in [0.2, 0.25) is 0 Å². The number of rotatable bonds is 5. The van der Waals surface area contributed by atoms with Crippen molar-refractivity contribution in [3.8, 4) is 0 Å². The first kappa shape index (κ1) is 18.4. The molecule has 1 aliphatic heterocycles. The summed E-state index contributed by atoms with van der Waals surface area (Å²) in [6.07, 6.45) is 0.778. The number of benzene rings is 1. The summed E-state index contributed by atoms with van der Waals surface area (Å²) in [5.74, 6) is 1.02. The van der Waals surface area contributed by atoms with E-state index < -0.39 is 0 Å². The Hall–Kier alpha value is -2.37. The Bertz CT molecular complexity index is 819. The molecule has 0 unspecified atom stereocenters. The summed E-state index contributed by atoms with van der Waals surface area (Å²) < 4.78 is 2.07. The van der Waals surface area contributed by atoms with Crippen LogP contribution in [-0.2, 0) is 16.1 Å². The number of hydrogen-bond donors (Lipinski definition) is 1. The van der Waals surface area contributed by atoms with Crippen LogP contribution in [0.25, 0.3) is 11.0 Å². The van der Waals surface area contributed by atoms with Gasteiger partial charge in [-0.15, -0.1) is 0 Å². The molecule has 6 heteroatoms. The first-order valence-corrected chi connectivity index (χ1v) is 9.22. The molecule has 1 fully saturated rings. The summed E-state index contributed by atoms with van der Waals surface area (Å²) in [5.41, 5.74) is 2.06. The topological polar surface area (TPSA) is 67.2 Å². The average molecular weight is 356 g/mol. The van der Waals surface area contributed by atoms with Gasteiger partial charge >= 0.3 is 0 Å². The zero-order valence-electron chi connectivity index (χ0n) is 16.1. The second-order valence-corrected chi connectivity index (χ2v) is 8.35. The minimum Gasteiger partial charge on any atom is -0.351 e. The molecular formula is C20H28N4O2. The Morgan fingerprint density at radius 1 is 1.31 bits per heavy atom. The van der Waals surface area contributed by atoms with Crippen molar-refractivity contribution in [2.45, 2.75) is 53.1 Å². The van der Waals surface area contributed by atoms with Crippen LogP contribution in [0.1, 0.15) is 39.4 Å². The molecule has 2 heterocycles. The minimum absolute atomic E-state index is 0.0161. The molecule has 26 heavy (non-hydrogen) atoms. The van der Waals surface area contributed by atoms with Crippen molar-refractivity contribution in [1.82, 2.24) is 19.8 Å². The van der Waals surface area contributed by atoms with E-state index >= 15 is 0 Å². The van der Waals surface area contributed by atoms with Crippen molar-refractivity contribution in [2.24, 2.45) is 5.41 Å². The first-order chi connectivity index (χ1) is 12.2. The van der Waals surface area contributed by atoms with E-state index in [9.17, 15) is 9.59 Å². The van der Waals surface area contributed by atoms with E-state index in [1.54, 1.807) is 0 Å². The van der Waals surface area contributed by atoms with Crippen molar-refractivity contribution >= 4 is 22.8 Å². The lowest BCUT2D eigenvalue weighted by molar-refractivity contribution is -0.128. The van der Waals surface area contributed by atoms with Crippen LogP contribution in [0, 0.1) is 12.3 Å². The molecule has 0 bridgehead atoms. The zero-order chi connectivity index (χ0) is 18.9. The molecule has 1 N–H and O–H groups in total. The van der Waals surface area contributed by atoms with E-state index in [4.69, 9.17) is 0 Å². The van der Waals surface area contributed by atoms with Crippen LogP contribution in [0.4, 0.5) is 0 Å². The molecule has 0 aliphatic carbocycles. The molecule has 140 valence electrons. The molecule has 2 aromatic rings. The van der Waals surface area contributed by atoms with Crippen LogP contribution >= 0.6 is 0 Å². The lowest BCUT2D eigenvalue weighted by Gasteiger charge is -2.26. The lowest BCUT2D eigenvalue weighted by Crippen LogP contribution is -2.39. The number of carbonyl (C=O) groups is 2. The number of aryl methyl sites for hydroxylation is 2. The Kier molecular flexibility index (Phi) is 5.03. The number of amides is 2. The molecular weight excluding hydrogens is 328 g/mol. The fourth-order valence-corrected chi connectivity index (χ4v) is 3.59. The predicted molar refractivity (Wildman–Crippen MR) is 102 cm³/mol. The summed E-state index contributed by atoms with van der Waals surface area (Å²) >= 11 is 0. The standard InChI is InChI=1S/C20H28N4O2/c1-14-21-16-7-5-6-8-17(16)24(14)10-9-18(25)22-15-11-19(26)23(12-15)13-20(2,3)4/h5-8,15H,9-13H2,1-4H3,(H,22,25)/t15-/m1/s1. The number of nitrogens with one attached hydrogen (secondary N) is 1. The molecule has 1 aliphatic rings. The van der Waals surface area contributed by atoms with E-state index in [1.807, 2.05) is 36.1 Å². The highest BCUT2D eigenvalue weighted by molar-refractivity contribution is 5.82. The molecule has 1 aromatic carbocycles. The van der Waals surface area contributed by atoms with Crippen molar-refractivity contribution in [1.29, 1.82) is 0 Å². The van der Waals surface area contributed by atoms with Gasteiger partial charge in [0.25, 0.3) is 0 Å². The number of likely N-dealkylation sites (tertiary alicyclic amines) is 1. The van der Waals surface area contributed by atoms with Gasteiger partial charge in [0.05, 0.1) is 17.1 Å². The molecule has 0 radical (unpaired) electrons. The van der Waals surface area contributed by atoms with Crippen molar-refractivity contribution < 1.29 is 9.59 Å². The molecule has 2 amide bonds. The van der Waals surface area contributed by atoms with E-state index in [2.05, 4.69) is 35.6 Å². The summed E-state index contributed by atoms with van der Waals surface area (Å²) in [7, 11) is 0. The smallest absolute Gasteiger partial charge is 0.224 e. The first-order valence-electron chi connectivity index (χ1n) is 9.22. The van der Waals surface area contributed by atoms with Crippen LogP contribution in [0.5, 0.6) is 0 Å². The van der Waals surface area contributed by atoms with Crippen LogP contribution < -0.4 is 5.32 Å².